The third-order valence-electron chi connectivity index (χ3n) is 6.64. The Morgan fingerprint density at radius 3 is 2.53 bits per heavy atom. The van der Waals surface area contributed by atoms with Crippen LogP contribution in [0.4, 0.5) is 26.4 Å². The van der Waals surface area contributed by atoms with Crippen LogP contribution in [0, 0.1) is 11.6 Å². The van der Waals surface area contributed by atoms with Gasteiger partial charge in [-0.1, -0.05) is 6.07 Å². The molecular formula is C23H27F2N7O2. The molecule has 0 bridgehead atoms. The molecule has 3 heterocycles. The van der Waals surface area contributed by atoms with E-state index in [4.69, 9.17) is 4.98 Å². The van der Waals surface area contributed by atoms with E-state index in [1.165, 1.54) is 25.1 Å². The van der Waals surface area contributed by atoms with Gasteiger partial charge in [-0.05, 0) is 44.2 Å². The lowest BCUT2D eigenvalue weighted by Crippen LogP contribution is -2.29. The third-order valence-corrected chi connectivity index (χ3v) is 6.64. The van der Waals surface area contributed by atoms with E-state index in [9.17, 15) is 18.7 Å². The molecule has 1 saturated heterocycles. The summed E-state index contributed by atoms with van der Waals surface area (Å²) in [5.74, 6) is -0.827. The number of para-hydroxylation sites is 1. The first-order valence-electron chi connectivity index (χ1n) is 11.5. The lowest BCUT2D eigenvalue weighted by molar-refractivity contribution is -0.127. The Labute approximate surface area is 195 Å². The molecule has 1 aromatic carbocycles. The Balaban J connectivity index is 1.52. The van der Waals surface area contributed by atoms with Crippen molar-refractivity contribution in [1.82, 2.24) is 24.4 Å². The van der Waals surface area contributed by atoms with Crippen molar-refractivity contribution in [1.29, 1.82) is 0 Å². The van der Waals surface area contributed by atoms with Gasteiger partial charge in [0.1, 0.15) is 22.8 Å². The van der Waals surface area contributed by atoms with Crippen LogP contribution >= 0.6 is 0 Å². The molecule has 1 atom stereocenters. The highest BCUT2D eigenvalue weighted by atomic mass is 19.1. The van der Waals surface area contributed by atoms with E-state index in [2.05, 4.69) is 20.6 Å². The molecule has 0 radical (unpaired) electrons. The van der Waals surface area contributed by atoms with E-state index < -0.39 is 11.6 Å². The number of aliphatic hydroxyl groups excluding tert-OH is 1. The molecule has 2 aromatic heterocycles. The van der Waals surface area contributed by atoms with Gasteiger partial charge in [0.15, 0.2) is 5.65 Å². The number of benzene rings is 1. The van der Waals surface area contributed by atoms with Gasteiger partial charge in [0.25, 0.3) is 0 Å². The maximum atomic E-state index is 14.4. The van der Waals surface area contributed by atoms with Crippen molar-refractivity contribution in [3.05, 3.63) is 36.0 Å². The van der Waals surface area contributed by atoms with Crippen molar-refractivity contribution in [2.24, 2.45) is 0 Å². The predicted molar refractivity (Wildman–Crippen MR) is 123 cm³/mol. The summed E-state index contributed by atoms with van der Waals surface area (Å²) in [6, 6.07) is 3.64. The van der Waals surface area contributed by atoms with Gasteiger partial charge in [-0.2, -0.15) is 4.98 Å². The number of hydrogen-bond acceptors (Lipinski definition) is 7. The fourth-order valence-corrected chi connectivity index (χ4v) is 4.76. The van der Waals surface area contributed by atoms with E-state index in [0.717, 1.165) is 25.7 Å². The first-order chi connectivity index (χ1) is 16.4. The van der Waals surface area contributed by atoms with Gasteiger partial charge in [0, 0.05) is 26.1 Å². The minimum absolute atomic E-state index is 0.0296. The van der Waals surface area contributed by atoms with Crippen LogP contribution < -0.4 is 10.6 Å². The molecule has 2 aliphatic rings. The highest BCUT2D eigenvalue weighted by Crippen LogP contribution is 2.33. The maximum absolute atomic E-state index is 14.4. The van der Waals surface area contributed by atoms with Crippen molar-refractivity contribution in [3.8, 4) is 0 Å². The Hall–Kier alpha value is -3.34. The number of amides is 1. The zero-order valence-corrected chi connectivity index (χ0v) is 18.8. The van der Waals surface area contributed by atoms with E-state index in [-0.39, 0.29) is 35.7 Å². The second kappa shape index (κ2) is 9.13. The van der Waals surface area contributed by atoms with Crippen LogP contribution in [-0.4, -0.2) is 60.7 Å². The fourth-order valence-electron chi connectivity index (χ4n) is 4.76. The predicted octanol–water partition coefficient (Wildman–Crippen LogP) is 3.36. The molecule has 34 heavy (non-hydrogen) atoms. The molecule has 0 unspecified atom stereocenters. The molecule has 1 aliphatic heterocycles. The van der Waals surface area contributed by atoms with Gasteiger partial charge < -0.3 is 20.6 Å². The molecule has 11 heteroatoms. The number of fused-ring (bicyclic) bond motifs is 1. The van der Waals surface area contributed by atoms with Crippen LogP contribution in [0.25, 0.3) is 11.2 Å². The zero-order valence-electron chi connectivity index (χ0n) is 18.8. The number of carbonyl (C=O) groups excluding carboxylic acids is 1. The lowest BCUT2D eigenvalue weighted by atomic mass is 9.93. The summed E-state index contributed by atoms with van der Waals surface area (Å²) in [4.78, 5) is 27.3. The molecule has 9 nitrogen and oxygen atoms in total. The highest BCUT2D eigenvalue weighted by Gasteiger charge is 2.30. The van der Waals surface area contributed by atoms with Crippen LogP contribution in [0.2, 0.25) is 0 Å². The van der Waals surface area contributed by atoms with Crippen LogP contribution in [0.1, 0.15) is 45.1 Å². The monoisotopic (exact) mass is 471 g/mol. The number of nitrogens with one attached hydrogen (secondary N) is 2. The van der Waals surface area contributed by atoms with Gasteiger partial charge in [-0.3, -0.25) is 9.36 Å². The Bertz CT molecular complexity index is 1190. The number of imidazole rings is 1. The Morgan fingerprint density at radius 2 is 1.85 bits per heavy atom. The zero-order chi connectivity index (χ0) is 23.8. The largest absolute Gasteiger partial charge is 0.393 e. The summed E-state index contributed by atoms with van der Waals surface area (Å²) in [5.41, 5.74) is 0.695. The molecule has 3 aromatic rings. The number of anilines is 3. The number of aromatic nitrogens is 4. The average Bonchev–Trinajstić information content (AvgIpc) is 3.42. The molecule has 1 amide bonds. The van der Waals surface area contributed by atoms with Crippen LogP contribution in [0.5, 0.6) is 0 Å². The van der Waals surface area contributed by atoms with Gasteiger partial charge in [-0.15, -0.1) is 0 Å². The second-order valence-corrected chi connectivity index (χ2v) is 8.99. The standard InChI is InChI=1S/C23H27F2N7O2/c1-13(33)31-10-9-15(12-31)32-21-19(28-23(32)29-20-17(24)3-2-4-18(20)25)11-26-22(30-21)27-14-5-7-16(34)8-6-14/h2-4,11,14-16,34H,5-10,12H2,1H3,(H,28,29)(H,26,27,30)/t14?,15-,16?/m0/s1. The molecule has 2 fully saturated rings. The first kappa shape index (κ1) is 22.5. The second-order valence-electron chi connectivity index (χ2n) is 8.99. The number of carbonyl (C=O) groups is 1. The van der Waals surface area contributed by atoms with Crippen molar-refractivity contribution in [2.45, 2.75) is 57.2 Å². The van der Waals surface area contributed by atoms with Crippen molar-refractivity contribution < 1.29 is 18.7 Å². The summed E-state index contributed by atoms with van der Waals surface area (Å²) < 4.78 is 30.6. The quantitative estimate of drug-likeness (QED) is 0.524. The first-order valence-corrected chi connectivity index (χ1v) is 11.5. The van der Waals surface area contributed by atoms with Gasteiger partial charge in [0.2, 0.25) is 17.8 Å². The number of rotatable bonds is 5. The van der Waals surface area contributed by atoms with Gasteiger partial charge in [0.05, 0.1) is 18.3 Å². The molecule has 5 rings (SSSR count). The SMILES string of the molecule is CC(=O)N1CC[C@H](n2c(Nc3c(F)cccc3F)nc3cnc(NC4CCC(O)CC4)nc32)C1. The summed E-state index contributed by atoms with van der Waals surface area (Å²) in [5, 5.41) is 15.9. The summed E-state index contributed by atoms with van der Waals surface area (Å²) >= 11 is 0. The third kappa shape index (κ3) is 4.39. The number of likely N-dealkylation sites (tertiary alicyclic amines) is 1. The minimum Gasteiger partial charge on any atom is -0.393 e. The molecular weight excluding hydrogens is 444 g/mol. The molecule has 0 spiro atoms. The topological polar surface area (TPSA) is 108 Å². The summed E-state index contributed by atoms with van der Waals surface area (Å²) in [6.07, 6.45) is 5.06. The molecule has 3 N–H and O–H groups in total. The molecule has 180 valence electrons. The van der Waals surface area contributed by atoms with Crippen LogP contribution in [-0.2, 0) is 4.79 Å². The highest BCUT2D eigenvalue weighted by molar-refractivity contribution is 5.77. The summed E-state index contributed by atoms with van der Waals surface area (Å²) in [6.45, 7) is 2.55. The number of halogens is 2. The maximum Gasteiger partial charge on any atom is 0.224 e. The van der Waals surface area contributed by atoms with Crippen molar-refractivity contribution in [3.63, 3.8) is 0 Å². The normalized spacial score (nSPS) is 22.8. The van der Waals surface area contributed by atoms with Gasteiger partial charge >= 0.3 is 0 Å². The van der Waals surface area contributed by atoms with Crippen LogP contribution in [0.15, 0.2) is 24.4 Å². The molecule has 1 aliphatic carbocycles. The number of aliphatic hydroxyl groups is 1. The van der Waals surface area contributed by atoms with Gasteiger partial charge in [-0.25, -0.2) is 18.7 Å². The van der Waals surface area contributed by atoms with E-state index in [0.29, 0.717) is 36.6 Å². The van der Waals surface area contributed by atoms with E-state index in [1.807, 2.05) is 4.57 Å². The average molecular weight is 472 g/mol. The fraction of sp³-hybridized carbons (Fsp3) is 0.478. The smallest absolute Gasteiger partial charge is 0.224 e. The Morgan fingerprint density at radius 1 is 1.12 bits per heavy atom. The van der Waals surface area contributed by atoms with Crippen molar-refractivity contribution >= 4 is 34.7 Å². The van der Waals surface area contributed by atoms with E-state index >= 15 is 0 Å². The number of nitrogens with zero attached hydrogens (tertiary/aromatic N) is 5. The minimum atomic E-state index is -0.733. The van der Waals surface area contributed by atoms with Crippen LogP contribution in [0.3, 0.4) is 0 Å². The summed E-state index contributed by atoms with van der Waals surface area (Å²) in [7, 11) is 0. The molecule has 1 saturated carbocycles. The number of hydrogen-bond donors (Lipinski definition) is 3. The van der Waals surface area contributed by atoms with Crippen molar-refractivity contribution in [2.75, 3.05) is 23.7 Å². The van der Waals surface area contributed by atoms with E-state index in [1.54, 1.807) is 11.1 Å². The lowest BCUT2D eigenvalue weighted by Gasteiger charge is -2.26. The Kier molecular flexibility index (Phi) is 6.03.